The number of ether oxygens (including phenoxy) is 2. The zero-order valence-corrected chi connectivity index (χ0v) is 26.5. The molecule has 11 heteroatoms. The Morgan fingerprint density at radius 2 is 1.64 bits per heavy atom. The second-order valence-corrected chi connectivity index (χ2v) is 13.2. The quantitative estimate of drug-likeness (QED) is 0.318. The lowest BCUT2D eigenvalue weighted by molar-refractivity contribution is -0.140. The van der Waals surface area contributed by atoms with Gasteiger partial charge in [-0.1, -0.05) is 41.4 Å². The molecular weight excluding hydrogens is 578 g/mol. The maximum absolute atomic E-state index is 14.1. The van der Waals surface area contributed by atoms with E-state index < -0.39 is 34.1 Å². The zero-order chi connectivity index (χ0) is 31.2. The third-order valence-electron chi connectivity index (χ3n) is 6.45. The van der Waals surface area contributed by atoms with Gasteiger partial charge in [0.15, 0.2) is 0 Å². The monoisotopic (exact) mass is 615 g/mol. The van der Waals surface area contributed by atoms with Gasteiger partial charge in [0, 0.05) is 17.1 Å². The molecule has 0 saturated heterocycles. The lowest BCUT2D eigenvalue weighted by atomic mass is 10.1. The number of anilines is 1. The van der Waals surface area contributed by atoms with Crippen molar-refractivity contribution in [2.75, 3.05) is 25.1 Å². The van der Waals surface area contributed by atoms with Crippen LogP contribution in [0.1, 0.15) is 38.8 Å². The van der Waals surface area contributed by atoms with Crippen LogP contribution in [-0.4, -0.2) is 57.5 Å². The highest BCUT2D eigenvalue weighted by Gasteiger charge is 2.34. The molecule has 0 spiro atoms. The smallest absolute Gasteiger partial charge is 0.264 e. The maximum Gasteiger partial charge on any atom is 0.264 e. The average molecular weight is 616 g/mol. The molecule has 0 aromatic heterocycles. The van der Waals surface area contributed by atoms with Crippen molar-refractivity contribution < 1.29 is 27.5 Å². The van der Waals surface area contributed by atoms with Crippen LogP contribution in [0.3, 0.4) is 0 Å². The van der Waals surface area contributed by atoms with Gasteiger partial charge in [-0.2, -0.15) is 0 Å². The third kappa shape index (κ3) is 8.17. The number of sulfonamides is 1. The minimum absolute atomic E-state index is 0.0131. The van der Waals surface area contributed by atoms with Gasteiger partial charge in [0.2, 0.25) is 11.8 Å². The van der Waals surface area contributed by atoms with Crippen molar-refractivity contribution in [1.82, 2.24) is 10.2 Å². The van der Waals surface area contributed by atoms with Gasteiger partial charge < -0.3 is 19.7 Å². The molecule has 3 rings (SSSR count). The molecule has 3 aromatic rings. The molecule has 2 amide bonds. The Balaban J connectivity index is 2.12. The molecule has 0 aliphatic rings. The highest BCUT2D eigenvalue weighted by Crippen LogP contribution is 2.35. The van der Waals surface area contributed by atoms with Gasteiger partial charge in [-0.05, 0) is 82.6 Å². The molecule has 9 nitrogen and oxygen atoms in total. The van der Waals surface area contributed by atoms with Crippen LogP contribution in [0.4, 0.5) is 5.69 Å². The Morgan fingerprint density at radius 1 is 0.976 bits per heavy atom. The van der Waals surface area contributed by atoms with Crippen molar-refractivity contribution in [2.24, 2.45) is 0 Å². The molecule has 0 aliphatic carbocycles. The second-order valence-electron chi connectivity index (χ2n) is 10.9. The molecule has 1 N–H and O–H groups in total. The summed E-state index contributed by atoms with van der Waals surface area (Å²) in [7, 11) is -1.34. The fourth-order valence-electron chi connectivity index (χ4n) is 4.23. The summed E-state index contributed by atoms with van der Waals surface area (Å²) in [6.07, 6.45) is 0. The number of hydrogen-bond donors (Lipinski definition) is 1. The van der Waals surface area contributed by atoms with Gasteiger partial charge in [-0.3, -0.25) is 13.9 Å². The molecule has 0 fully saturated rings. The Kier molecular flexibility index (Phi) is 10.5. The summed E-state index contributed by atoms with van der Waals surface area (Å²) in [4.78, 5) is 28.8. The van der Waals surface area contributed by atoms with E-state index >= 15 is 0 Å². The lowest BCUT2D eigenvalue weighted by Crippen LogP contribution is -2.54. The highest BCUT2D eigenvalue weighted by molar-refractivity contribution is 7.92. The van der Waals surface area contributed by atoms with Crippen molar-refractivity contribution in [3.63, 3.8) is 0 Å². The zero-order valence-electron chi connectivity index (χ0n) is 25.0. The molecule has 0 saturated carbocycles. The van der Waals surface area contributed by atoms with E-state index in [4.69, 9.17) is 21.1 Å². The van der Waals surface area contributed by atoms with Crippen molar-refractivity contribution in [3.05, 3.63) is 82.9 Å². The SMILES string of the molecule is COc1cccc(CN(C(=O)CN(c2cc(Cl)ccc2OC)S(=O)(=O)c2ccc(C)cc2)[C@H](C)C(=O)NC(C)(C)C)c1. The molecule has 226 valence electrons. The molecule has 0 radical (unpaired) electrons. The summed E-state index contributed by atoms with van der Waals surface area (Å²) in [6.45, 7) is 8.38. The number of carbonyl (C=O) groups excluding carboxylic acids is 2. The number of nitrogens with zero attached hydrogens (tertiary/aromatic N) is 2. The summed E-state index contributed by atoms with van der Waals surface area (Å²) in [6, 6.07) is 17.0. The van der Waals surface area contributed by atoms with Crippen LogP contribution in [0.15, 0.2) is 71.6 Å². The largest absolute Gasteiger partial charge is 0.497 e. The lowest BCUT2D eigenvalue weighted by Gasteiger charge is -2.33. The summed E-state index contributed by atoms with van der Waals surface area (Å²) >= 11 is 6.29. The van der Waals surface area contributed by atoms with Crippen LogP contribution in [0.2, 0.25) is 5.02 Å². The van der Waals surface area contributed by atoms with Crippen molar-refractivity contribution >= 4 is 39.1 Å². The normalized spacial score (nSPS) is 12.3. The molecule has 0 aliphatic heterocycles. The Hall–Kier alpha value is -3.76. The molecule has 0 heterocycles. The first-order valence-corrected chi connectivity index (χ1v) is 15.2. The van der Waals surface area contributed by atoms with Crippen molar-refractivity contribution in [3.8, 4) is 11.5 Å². The van der Waals surface area contributed by atoms with Crippen LogP contribution in [-0.2, 0) is 26.2 Å². The van der Waals surface area contributed by atoms with Gasteiger partial charge in [0.1, 0.15) is 24.1 Å². The molecular formula is C31H38ClN3O6S. The number of amides is 2. The van der Waals surface area contributed by atoms with Gasteiger partial charge >= 0.3 is 0 Å². The van der Waals surface area contributed by atoms with Gasteiger partial charge in [-0.25, -0.2) is 8.42 Å². The van der Waals surface area contributed by atoms with Gasteiger partial charge in [0.25, 0.3) is 10.0 Å². The van der Waals surface area contributed by atoms with E-state index in [1.165, 1.54) is 43.4 Å². The van der Waals surface area contributed by atoms with Crippen molar-refractivity contribution in [1.29, 1.82) is 0 Å². The number of halogens is 1. The number of hydrogen-bond acceptors (Lipinski definition) is 6. The molecule has 1 atom stereocenters. The molecule has 3 aromatic carbocycles. The molecule has 0 unspecified atom stereocenters. The topological polar surface area (TPSA) is 105 Å². The van der Waals surface area contributed by atoms with Crippen molar-refractivity contribution in [2.45, 2.75) is 57.6 Å². The first-order chi connectivity index (χ1) is 19.7. The fourth-order valence-corrected chi connectivity index (χ4v) is 5.82. The summed E-state index contributed by atoms with van der Waals surface area (Å²) in [5, 5.41) is 3.17. The maximum atomic E-state index is 14.1. The Bertz CT molecular complexity index is 1520. The number of methoxy groups -OCH3 is 2. The number of aryl methyl sites for hydroxylation is 1. The standard InChI is InChI=1S/C31H38ClN3O6S/c1-21-11-14-26(15-12-21)42(38,39)35(27-18-24(32)13-16-28(27)41-7)20-29(36)34(22(2)30(37)33-31(3,4)5)19-23-9-8-10-25(17-23)40-6/h8-18,22H,19-20H2,1-7H3,(H,33,37)/t22-/m1/s1. The van der Waals surface area contributed by atoms with E-state index in [2.05, 4.69) is 5.32 Å². The van der Waals surface area contributed by atoms with Crippen LogP contribution in [0.25, 0.3) is 0 Å². The summed E-state index contributed by atoms with van der Waals surface area (Å²) in [5.74, 6) is -0.196. The molecule has 0 bridgehead atoms. The first-order valence-electron chi connectivity index (χ1n) is 13.3. The summed E-state index contributed by atoms with van der Waals surface area (Å²) < 4.78 is 39.9. The van der Waals surface area contributed by atoms with E-state index in [0.717, 1.165) is 9.87 Å². The predicted molar refractivity (Wildman–Crippen MR) is 165 cm³/mol. The summed E-state index contributed by atoms with van der Waals surface area (Å²) in [5.41, 5.74) is 1.11. The number of nitrogens with one attached hydrogen (secondary N) is 1. The minimum atomic E-state index is -4.28. The third-order valence-corrected chi connectivity index (χ3v) is 8.46. The Morgan fingerprint density at radius 3 is 2.24 bits per heavy atom. The number of rotatable bonds is 11. The second kappa shape index (κ2) is 13.5. The van der Waals surface area contributed by atoms with E-state index in [9.17, 15) is 18.0 Å². The molecule has 42 heavy (non-hydrogen) atoms. The Labute approximate surface area is 253 Å². The number of carbonyl (C=O) groups is 2. The van der Waals surface area contributed by atoms with E-state index in [1.54, 1.807) is 49.4 Å². The highest BCUT2D eigenvalue weighted by atomic mass is 35.5. The average Bonchev–Trinajstić information content (AvgIpc) is 2.93. The predicted octanol–water partition coefficient (Wildman–Crippen LogP) is 5.19. The fraction of sp³-hybridized carbons (Fsp3) is 0.355. The minimum Gasteiger partial charge on any atom is -0.497 e. The number of benzene rings is 3. The van der Waals surface area contributed by atoms with Crippen LogP contribution in [0, 0.1) is 6.92 Å². The van der Waals surface area contributed by atoms with E-state index in [-0.39, 0.29) is 33.8 Å². The van der Waals surface area contributed by atoms with Crippen LogP contribution >= 0.6 is 11.6 Å². The van der Waals surface area contributed by atoms with Gasteiger partial charge in [0.05, 0.1) is 24.8 Å². The van der Waals surface area contributed by atoms with Crippen LogP contribution in [0.5, 0.6) is 11.5 Å². The van der Waals surface area contributed by atoms with E-state index in [1.807, 2.05) is 27.7 Å². The first kappa shape index (κ1) is 32.8. The van der Waals surface area contributed by atoms with E-state index in [0.29, 0.717) is 11.3 Å². The van der Waals surface area contributed by atoms with Crippen LogP contribution < -0.4 is 19.1 Å². The van der Waals surface area contributed by atoms with Gasteiger partial charge in [-0.15, -0.1) is 0 Å².